The predicted molar refractivity (Wildman–Crippen MR) is 63.1 cm³/mol. The molecule has 0 aromatic heterocycles. The maximum absolute atomic E-state index is 11.8. The fourth-order valence-electron chi connectivity index (χ4n) is 3.34. The van der Waals surface area contributed by atoms with E-state index in [1.807, 2.05) is 0 Å². The Bertz CT molecular complexity index is 282. The molecule has 0 aromatic carbocycles. The molecule has 3 rings (SSSR count). The van der Waals surface area contributed by atoms with Gasteiger partial charge in [-0.25, -0.2) is 0 Å². The lowest BCUT2D eigenvalue weighted by Gasteiger charge is -2.52. The van der Waals surface area contributed by atoms with Crippen LogP contribution < -0.4 is 11.1 Å². The van der Waals surface area contributed by atoms with Gasteiger partial charge in [0.25, 0.3) is 0 Å². The third-order valence-electron chi connectivity index (χ3n) is 4.56. The SMILES string of the molecule is COC(=O)C12CCC(NC(O)CN)(CC1)CC2. The quantitative estimate of drug-likeness (QED) is 0.481. The molecular formula is C12H22N2O3. The molecule has 3 fully saturated rings. The Morgan fingerprint density at radius 3 is 2.29 bits per heavy atom. The van der Waals surface area contributed by atoms with Gasteiger partial charge in [0.1, 0.15) is 6.23 Å². The minimum absolute atomic E-state index is 0.0193. The van der Waals surface area contributed by atoms with E-state index in [0.717, 1.165) is 38.5 Å². The van der Waals surface area contributed by atoms with Crippen molar-refractivity contribution >= 4 is 5.97 Å². The summed E-state index contributed by atoms with van der Waals surface area (Å²) < 4.78 is 4.92. The topological polar surface area (TPSA) is 84.6 Å². The number of hydrogen-bond donors (Lipinski definition) is 3. The lowest BCUT2D eigenvalue weighted by Crippen LogP contribution is -2.60. The van der Waals surface area contributed by atoms with Crippen molar-refractivity contribution in [2.24, 2.45) is 11.1 Å². The number of methoxy groups -OCH3 is 1. The van der Waals surface area contributed by atoms with Crippen LogP contribution in [0.2, 0.25) is 0 Å². The summed E-state index contributed by atoms with van der Waals surface area (Å²) in [5.74, 6) is -0.0647. The molecule has 0 amide bonds. The second kappa shape index (κ2) is 4.55. The molecule has 3 aliphatic rings. The fourth-order valence-corrected chi connectivity index (χ4v) is 3.34. The van der Waals surface area contributed by atoms with Gasteiger partial charge in [0.15, 0.2) is 0 Å². The maximum atomic E-state index is 11.8. The first-order valence-corrected chi connectivity index (χ1v) is 6.30. The second-order valence-electron chi connectivity index (χ2n) is 5.45. The van der Waals surface area contributed by atoms with Gasteiger partial charge in [-0.15, -0.1) is 0 Å². The molecular weight excluding hydrogens is 220 g/mol. The zero-order chi connectivity index (χ0) is 12.5. The lowest BCUT2D eigenvalue weighted by molar-refractivity contribution is -0.161. The van der Waals surface area contributed by atoms with Crippen molar-refractivity contribution in [3.8, 4) is 0 Å². The van der Waals surface area contributed by atoms with Crippen molar-refractivity contribution in [1.29, 1.82) is 0 Å². The highest BCUT2D eigenvalue weighted by molar-refractivity contribution is 5.77. The summed E-state index contributed by atoms with van der Waals surface area (Å²) in [6.07, 6.45) is 4.66. The zero-order valence-corrected chi connectivity index (χ0v) is 10.4. The van der Waals surface area contributed by atoms with Gasteiger partial charge in [-0.1, -0.05) is 0 Å². The molecule has 0 heterocycles. The standard InChI is InChI=1S/C12H22N2O3/c1-17-10(16)11-2-5-12(6-3-11,7-4-11)14-9(15)8-13/h9,14-15H,2-8,13H2,1H3. The molecule has 98 valence electrons. The molecule has 4 N–H and O–H groups in total. The second-order valence-corrected chi connectivity index (χ2v) is 5.45. The van der Waals surface area contributed by atoms with Crippen molar-refractivity contribution in [3.63, 3.8) is 0 Å². The number of fused-ring (bicyclic) bond motifs is 3. The van der Waals surface area contributed by atoms with Crippen LogP contribution >= 0.6 is 0 Å². The van der Waals surface area contributed by atoms with Crippen molar-refractivity contribution in [3.05, 3.63) is 0 Å². The highest BCUT2D eigenvalue weighted by atomic mass is 16.5. The number of hydrogen-bond acceptors (Lipinski definition) is 5. The van der Waals surface area contributed by atoms with Crippen molar-refractivity contribution in [1.82, 2.24) is 5.32 Å². The van der Waals surface area contributed by atoms with E-state index in [9.17, 15) is 9.90 Å². The Kier molecular flexibility index (Phi) is 3.43. The molecule has 3 saturated carbocycles. The average molecular weight is 242 g/mol. The van der Waals surface area contributed by atoms with E-state index in [4.69, 9.17) is 10.5 Å². The number of carbonyl (C=O) groups is 1. The van der Waals surface area contributed by atoms with Crippen LogP contribution in [-0.4, -0.2) is 36.5 Å². The summed E-state index contributed by atoms with van der Waals surface area (Å²) in [6.45, 7) is 0.226. The van der Waals surface area contributed by atoms with Crippen LogP contribution in [0.25, 0.3) is 0 Å². The molecule has 0 aromatic rings. The first-order valence-electron chi connectivity index (χ1n) is 6.30. The van der Waals surface area contributed by atoms with Gasteiger partial charge in [-0.2, -0.15) is 0 Å². The number of ether oxygens (including phenoxy) is 1. The van der Waals surface area contributed by atoms with Crippen LogP contribution in [-0.2, 0) is 9.53 Å². The highest BCUT2D eigenvalue weighted by Gasteiger charge is 2.53. The fraction of sp³-hybridized carbons (Fsp3) is 0.917. The monoisotopic (exact) mass is 242 g/mol. The van der Waals surface area contributed by atoms with E-state index in [1.165, 1.54) is 7.11 Å². The largest absolute Gasteiger partial charge is 0.469 e. The van der Waals surface area contributed by atoms with Crippen LogP contribution in [0.3, 0.4) is 0 Å². The summed E-state index contributed by atoms with van der Waals surface area (Å²) in [4.78, 5) is 11.8. The Balaban J connectivity index is 2.02. The van der Waals surface area contributed by atoms with Crippen LogP contribution in [0, 0.1) is 5.41 Å². The molecule has 1 atom stereocenters. The van der Waals surface area contributed by atoms with Gasteiger partial charge in [0, 0.05) is 12.1 Å². The van der Waals surface area contributed by atoms with E-state index in [2.05, 4.69) is 5.32 Å². The summed E-state index contributed by atoms with van der Waals surface area (Å²) in [6, 6.07) is 0. The molecule has 0 saturated heterocycles. The van der Waals surface area contributed by atoms with Crippen molar-refractivity contribution in [2.45, 2.75) is 50.3 Å². The van der Waals surface area contributed by atoms with Gasteiger partial charge in [0.2, 0.25) is 0 Å². The first-order chi connectivity index (χ1) is 8.06. The Labute approximate surface area is 102 Å². The van der Waals surface area contributed by atoms with Crippen molar-refractivity contribution < 1.29 is 14.6 Å². The van der Waals surface area contributed by atoms with Crippen molar-refractivity contribution in [2.75, 3.05) is 13.7 Å². The zero-order valence-electron chi connectivity index (χ0n) is 10.4. The summed E-state index contributed by atoms with van der Waals surface area (Å²) in [5, 5.41) is 12.8. The maximum Gasteiger partial charge on any atom is 0.311 e. The van der Waals surface area contributed by atoms with Crippen LogP contribution in [0.15, 0.2) is 0 Å². The molecule has 5 nitrogen and oxygen atoms in total. The Morgan fingerprint density at radius 1 is 1.35 bits per heavy atom. The Morgan fingerprint density at radius 2 is 1.88 bits per heavy atom. The van der Waals surface area contributed by atoms with Gasteiger partial charge < -0.3 is 15.6 Å². The highest BCUT2D eigenvalue weighted by Crippen LogP contribution is 2.52. The van der Waals surface area contributed by atoms with Crippen LogP contribution in [0.5, 0.6) is 0 Å². The number of rotatable bonds is 4. The lowest BCUT2D eigenvalue weighted by atomic mass is 9.57. The number of aliphatic hydroxyl groups is 1. The van der Waals surface area contributed by atoms with E-state index in [1.54, 1.807) is 0 Å². The van der Waals surface area contributed by atoms with Crippen LogP contribution in [0.1, 0.15) is 38.5 Å². The van der Waals surface area contributed by atoms with E-state index < -0.39 is 6.23 Å². The molecule has 0 radical (unpaired) electrons. The van der Waals surface area contributed by atoms with Gasteiger partial charge in [-0.3, -0.25) is 10.1 Å². The predicted octanol–water partition coefficient (Wildman–Crippen LogP) is 0.119. The Hall–Kier alpha value is -0.650. The van der Waals surface area contributed by atoms with E-state index >= 15 is 0 Å². The number of nitrogens with two attached hydrogens (primary N) is 1. The molecule has 5 heteroatoms. The third kappa shape index (κ3) is 2.19. The summed E-state index contributed by atoms with van der Waals surface area (Å²) in [5.41, 5.74) is 5.15. The number of aliphatic hydroxyl groups excluding tert-OH is 1. The summed E-state index contributed by atoms with van der Waals surface area (Å²) in [7, 11) is 1.46. The molecule has 17 heavy (non-hydrogen) atoms. The number of nitrogens with one attached hydrogen (secondary N) is 1. The average Bonchev–Trinajstić information content (AvgIpc) is 2.39. The minimum atomic E-state index is -0.640. The molecule has 0 spiro atoms. The van der Waals surface area contributed by atoms with E-state index in [-0.39, 0.29) is 23.5 Å². The number of esters is 1. The first kappa shape index (κ1) is 12.8. The number of carbonyl (C=O) groups excluding carboxylic acids is 1. The van der Waals surface area contributed by atoms with Gasteiger partial charge >= 0.3 is 5.97 Å². The van der Waals surface area contributed by atoms with Gasteiger partial charge in [0.05, 0.1) is 12.5 Å². The third-order valence-corrected chi connectivity index (χ3v) is 4.56. The molecule has 3 aliphatic carbocycles. The molecule has 0 aliphatic heterocycles. The normalized spacial score (nSPS) is 37.8. The van der Waals surface area contributed by atoms with E-state index in [0.29, 0.717) is 0 Å². The molecule has 1 unspecified atom stereocenters. The molecule has 2 bridgehead atoms. The van der Waals surface area contributed by atoms with Crippen LogP contribution in [0.4, 0.5) is 0 Å². The van der Waals surface area contributed by atoms with Gasteiger partial charge in [-0.05, 0) is 38.5 Å². The summed E-state index contributed by atoms with van der Waals surface area (Å²) >= 11 is 0. The smallest absolute Gasteiger partial charge is 0.311 e. The minimum Gasteiger partial charge on any atom is -0.469 e.